The van der Waals surface area contributed by atoms with Crippen LogP contribution in [0.15, 0.2) is 18.2 Å². The molecule has 0 aliphatic carbocycles. The minimum atomic E-state index is 0.0516. The zero-order valence-electron chi connectivity index (χ0n) is 7.84. The molecule has 13 heavy (non-hydrogen) atoms. The molecule has 0 aliphatic heterocycles. The van der Waals surface area contributed by atoms with Crippen LogP contribution in [-0.4, -0.2) is 18.8 Å². The van der Waals surface area contributed by atoms with E-state index >= 15 is 0 Å². The lowest BCUT2D eigenvalue weighted by Crippen LogP contribution is -2.19. The predicted octanol–water partition coefficient (Wildman–Crippen LogP) is 1.85. The van der Waals surface area contributed by atoms with Crippen molar-refractivity contribution in [3.8, 4) is 0 Å². The van der Waals surface area contributed by atoms with E-state index in [9.17, 15) is 0 Å². The molecule has 0 saturated carbocycles. The van der Waals surface area contributed by atoms with Gasteiger partial charge in [-0.05, 0) is 53.8 Å². The zero-order valence-corrected chi connectivity index (χ0v) is 10.00. The molecule has 0 spiro atoms. The van der Waals surface area contributed by atoms with Crippen molar-refractivity contribution >= 4 is 22.6 Å². The number of aliphatic hydroxyl groups excluding tert-OH is 1. The quantitative estimate of drug-likeness (QED) is 0.833. The van der Waals surface area contributed by atoms with E-state index in [0.717, 1.165) is 5.56 Å². The van der Waals surface area contributed by atoms with E-state index in [0.29, 0.717) is 0 Å². The molecule has 2 nitrogen and oxygen atoms in total. The topological polar surface area (TPSA) is 32.3 Å². The molecular weight excluding hydrogens is 277 g/mol. The van der Waals surface area contributed by atoms with E-state index in [1.807, 2.05) is 13.1 Å². The number of aryl methyl sites for hydroxylation is 1. The second-order valence-corrected chi connectivity index (χ2v) is 4.19. The second-order valence-electron chi connectivity index (χ2n) is 3.03. The standard InChI is InChI=1S/C10H14INO/c1-7-5-8(3-4-9(7)11)10(6-13)12-2/h3-5,10,12-13H,6H2,1-2H3/t10-/m1/s1. The van der Waals surface area contributed by atoms with Gasteiger partial charge in [-0.2, -0.15) is 0 Å². The van der Waals surface area contributed by atoms with Crippen LogP contribution in [0.5, 0.6) is 0 Å². The van der Waals surface area contributed by atoms with Crippen molar-refractivity contribution in [2.24, 2.45) is 0 Å². The fourth-order valence-electron chi connectivity index (χ4n) is 1.25. The molecule has 0 bridgehead atoms. The molecule has 1 aromatic carbocycles. The van der Waals surface area contributed by atoms with Gasteiger partial charge in [-0.3, -0.25) is 0 Å². The average molecular weight is 291 g/mol. The highest BCUT2D eigenvalue weighted by Crippen LogP contribution is 2.18. The Balaban J connectivity index is 2.95. The van der Waals surface area contributed by atoms with Crippen molar-refractivity contribution in [2.75, 3.05) is 13.7 Å². The molecule has 0 radical (unpaired) electrons. The van der Waals surface area contributed by atoms with E-state index in [2.05, 4.69) is 47.0 Å². The lowest BCUT2D eigenvalue weighted by Gasteiger charge is -2.14. The van der Waals surface area contributed by atoms with Crippen molar-refractivity contribution in [1.29, 1.82) is 0 Å². The van der Waals surface area contributed by atoms with Crippen LogP contribution in [0.2, 0.25) is 0 Å². The Labute approximate surface area is 92.5 Å². The van der Waals surface area contributed by atoms with Gasteiger partial charge in [0.2, 0.25) is 0 Å². The van der Waals surface area contributed by atoms with Crippen LogP contribution in [0, 0.1) is 10.5 Å². The van der Waals surface area contributed by atoms with Gasteiger partial charge in [-0.25, -0.2) is 0 Å². The monoisotopic (exact) mass is 291 g/mol. The average Bonchev–Trinajstić information content (AvgIpc) is 2.13. The molecule has 72 valence electrons. The predicted molar refractivity (Wildman–Crippen MR) is 62.8 cm³/mol. The van der Waals surface area contributed by atoms with Gasteiger partial charge in [0.1, 0.15) is 0 Å². The molecule has 0 amide bonds. The highest BCUT2D eigenvalue weighted by molar-refractivity contribution is 14.1. The summed E-state index contributed by atoms with van der Waals surface area (Å²) in [5.74, 6) is 0. The maximum Gasteiger partial charge on any atom is 0.0626 e. The van der Waals surface area contributed by atoms with Crippen molar-refractivity contribution in [2.45, 2.75) is 13.0 Å². The van der Waals surface area contributed by atoms with Crippen LogP contribution in [0.25, 0.3) is 0 Å². The van der Waals surface area contributed by atoms with Crippen molar-refractivity contribution in [1.82, 2.24) is 5.32 Å². The minimum Gasteiger partial charge on any atom is -0.394 e. The van der Waals surface area contributed by atoms with Gasteiger partial charge in [-0.15, -0.1) is 0 Å². The van der Waals surface area contributed by atoms with Gasteiger partial charge < -0.3 is 10.4 Å². The molecule has 0 aromatic heterocycles. The number of halogens is 1. The van der Waals surface area contributed by atoms with E-state index < -0.39 is 0 Å². The smallest absolute Gasteiger partial charge is 0.0626 e. The van der Waals surface area contributed by atoms with Crippen LogP contribution in [-0.2, 0) is 0 Å². The van der Waals surface area contributed by atoms with Gasteiger partial charge in [0.25, 0.3) is 0 Å². The van der Waals surface area contributed by atoms with Crippen LogP contribution in [0.3, 0.4) is 0 Å². The van der Waals surface area contributed by atoms with Gasteiger partial charge in [-0.1, -0.05) is 12.1 Å². The summed E-state index contributed by atoms with van der Waals surface area (Å²) < 4.78 is 1.26. The van der Waals surface area contributed by atoms with E-state index in [4.69, 9.17) is 5.11 Å². The first-order valence-electron chi connectivity index (χ1n) is 4.23. The summed E-state index contributed by atoms with van der Waals surface area (Å²) in [6, 6.07) is 6.28. The summed E-state index contributed by atoms with van der Waals surface area (Å²) in [5.41, 5.74) is 2.40. The van der Waals surface area contributed by atoms with Gasteiger partial charge in [0.15, 0.2) is 0 Å². The molecule has 2 N–H and O–H groups in total. The Morgan fingerprint density at radius 1 is 1.54 bits per heavy atom. The van der Waals surface area contributed by atoms with Gasteiger partial charge >= 0.3 is 0 Å². The Hall–Kier alpha value is -0.130. The summed E-state index contributed by atoms with van der Waals surface area (Å²) in [6.45, 7) is 2.21. The molecule has 0 unspecified atom stereocenters. The molecular formula is C10H14INO. The number of benzene rings is 1. The Kier molecular flexibility index (Phi) is 4.15. The van der Waals surface area contributed by atoms with Crippen molar-refractivity contribution < 1.29 is 5.11 Å². The molecule has 0 aliphatic rings. The van der Waals surface area contributed by atoms with Crippen LogP contribution in [0.4, 0.5) is 0 Å². The van der Waals surface area contributed by atoms with Gasteiger partial charge in [0.05, 0.1) is 12.6 Å². The van der Waals surface area contributed by atoms with E-state index in [1.165, 1.54) is 9.13 Å². The molecule has 1 atom stereocenters. The maximum absolute atomic E-state index is 9.08. The summed E-state index contributed by atoms with van der Waals surface area (Å²) >= 11 is 2.31. The third-order valence-electron chi connectivity index (χ3n) is 2.12. The number of likely N-dealkylation sites (N-methyl/N-ethyl adjacent to an activating group) is 1. The lowest BCUT2D eigenvalue weighted by molar-refractivity contribution is 0.251. The molecule has 3 heteroatoms. The number of rotatable bonds is 3. The summed E-state index contributed by atoms with van der Waals surface area (Å²) in [7, 11) is 1.86. The lowest BCUT2D eigenvalue weighted by atomic mass is 10.1. The highest BCUT2D eigenvalue weighted by Gasteiger charge is 2.07. The van der Waals surface area contributed by atoms with Crippen LogP contribution < -0.4 is 5.32 Å². The van der Waals surface area contributed by atoms with Crippen LogP contribution >= 0.6 is 22.6 Å². The molecule has 0 fully saturated rings. The molecule has 0 saturated heterocycles. The Morgan fingerprint density at radius 2 is 2.23 bits per heavy atom. The molecule has 1 rings (SSSR count). The number of nitrogens with one attached hydrogen (secondary N) is 1. The fourth-order valence-corrected chi connectivity index (χ4v) is 1.58. The highest BCUT2D eigenvalue weighted by atomic mass is 127. The number of hydrogen-bond donors (Lipinski definition) is 2. The fraction of sp³-hybridized carbons (Fsp3) is 0.400. The number of hydrogen-bond acceptors (Lipinski definition) is 2. The zero-order chi connectivity index (χ0) is 9.84. The second kappa shape index (κ2) is 4.93. The minimum absolute atomic E-state index is 0.0516. The Bertz CT molecular complexity index is 284. The van der Waals surface area contributed by atoms with E-state index in [-0.39, 0.29) is 12.6 Å². The van der Waals surface area contributed by atoms with Crippen molar-refractivity contribution in [3.63, 3.8) is 0 Å². The first kappa shape index (κ1) is 10.9. The third-order valence-corrected chi connectivity index (χ3v) is 3.33. The largest absolute Gasteiger partial charge is 0.394 e. The van der Waals surface area contributed by atoms with Crippen molar-refractivity contribution in [3.05, 3.63) is 32.9 Å². The molecule has 0 heterocycles. The summed E-state index contributed by atoms with van der Waals surface area (Å²) in [6.07, 6.45) is 0. The Morgan fingerprint density at radius 3 is 2.69 bits per heavy atom. The molecule has 1 aromatic rings. The van der Waals surface area contributed by atoms with Gasteiger partial charge in [0, 0.05) is 3.57 Å². The number of aliphatic hydroxyl groups is 1. The SMILES string of the molecule is CN[C@H](CO)c1ccc(I)c(C)c1. The first-order valence-corrected chi connectivity index (χ1v) is 5.31. The summed E-state index contributed by atoms with van der Waals surface area (Å²) in [5, 5.41) is 12.1. The first-order chi connectivity index (χ1) is 6.19. The summed E-state index contributed by atoms with van der Waals surface area (Å²) in [4.78, 5) is 0. The normalized spacial score (nSPS) is 12.9. The van der Waals surface area contributed by atoms with Crippen LogP contribution in [0.1, 0.15) is 17.2 Å². The van der Waals surface area contributed by atoms with E-state index in [1.54, 1.807) is 0 Å². The third kappa shape index (κ3) is 2.65. The maximum atomic E-state index is 9.08.